The lowest BCUT2D eigenvalue weighted by Gasteiger charge is -2.23. The summed E-state index contributed by atoms with van der Waals surface area (Å²) in [4.78, 5) is 23.8. The van der Waals surface area contributed by atoms with Gasteiger partial charge in [0.15, 0.2) is 0 Å². The Morgan fingerprint density at radius 2 is 1.71 bits per heavy atom. The van der Waals surface area contributed by atoms with Crippen molar-refractivity contribution in [1.29, 1.82) is 0 Å². The number of anilines is 1. The maximum Gasteiger partial charge on any atom is 0.324 e. The van der Waals surface area contributed by atoms with Crippen LogP contribution in [0.3, 0.4) is 0 Å². The summed E-state index contributed by atoms with van der Waals surface area (Å²) < 4.78 is 28.9. The molecule has 2 heterocycles. The minimum Gasteiger partial charge on any atom is -0.480 e. The molecule has 31 heavy (non-hydrogen) atoms. The number of fused-ring (bicyclic) bond motifs is 1. The highest BCUT2D eigenvalue weighted by molar-refractivity contribution is 7.92. The van der Waals surface area contributed by atoms with Crippen LogP contribution in [-0.4, -0.2) is 45.6 Å². The molecule has 12 heteroatoms. The van der Waals surface area contributed by atoms with Gasteiger partial charge in [0.05, 0.1) is 21.6 Å². The number of rotatable bonds is 6. The largest absolute Gasteiger partial charge is 0.480 e. The Balaban J connectivity index is 1.82. The van der Waals surface area contributed by atoms with E-state index in [1.807, 2.05) is 0 Å². The van der Waals surface area contributed by atoms with Crippen molar-refractivity contribution in [1.82, 2.24) is 19.5 Å². The monoisotopic (exact) mass is 477 g/mol. The van der Waals surface area contributed by atoms with E-state index in [1.54, 1.807) is 29.1 Å². The third-order valence-corrected chi connectivity index (χ3v) is 6.48. The Hall–Kier alpha value is -3.21. The summed E-state index contributed by atoms with van der Waals surface area (Å²) in [6.45, 7) is -0.805. The van der Waals surface area contributed by atoms with E-state index in [1.165, 1.54) is 36.7 Å². The molecule has 2 aromatic heterocycles. The number of hydrogen-bond donors (Lipinski definition) is 1. The molecule has 0 aliphatic heterocycles. The number of aliphatic carboxylic acids is 1. The highest BCUT2D eigenvalue weighted by Crippen LogP contribution is 2.30. The van der Waals surface area contributed by atoms with E-state index in [2.05, 4.69) is 15.0 Å². The summed E-state index contributed by atoms with van der Waals surface area (Å²) in [5, 5.41) is 9.56. The average Bonchev–Trinajstić information content (AvgIpc) is 3.15. The van der Waals surface area contributed by atoms with Gasteiger partial charge in [-0.1, -0.05) is 23.2 Å². The predicted octanol–water partition coefficient (Wildman–Crippen LogP) is 3.40. The fourth-order valence-corrected chi connectivity index (χ4v) is 5.11. The van der Waals surface area contributed by atoms with Gasteiger partial charge in [0.25, 0.3) is 10.0 Å². The van der Waals surface area contributed by atoms with E-state index in [0.717, 1.165) is 4.31 Å². The summed E-state index contributed by atoms with van der Waals surface area (Å²) in [7, 11) is -4.28. The van der Waals surface area contributed by atoms with Gasteiger partial charge in [0.1, 0.15) is 12.9 Å². The second-order valence-electron chi connectivity index (χ2n) is 6.35. The van der Waals surface area contributed by atoms with Crippen molar-refractivity contribution < 1.29 is 18.3 Å². The average molecular weight is 478 g/mol. The molecule has 0 aliphatic carbocycles. The second kappa shape index (κ2) is 8.14. The Morgan fingerprint density at radius 3 is 2.35 bits per heavy atom. The number of aromatic nitrogens is 4. The standard InChI is InChI=1S/C19H13Cl2N5O4S/c20-12-6-13(21)8-15(7-12)31(29,30)26(10-18(27)28)14-2-3-17-16(9-14)24-11-25(17)19-22-4-1-5-23-19/h1-9,11H,10H2,(H,27,28). The Kier molecular flexibility index (Phi) is 5.52. The number of halogens is 2. The zero-order chi connectivity index (χ0) is 22.2. The van der Waals surface area contributed by atoms with Crippen LogP contribution in [-0.2, 0) is 14.8 Å². The summed E-state index contributed by atoms with van der Waals surface area (Å²) in [6, 6.07) is 10.0. The maximum absolute atomic E-state index is 13.2. The predicted molar refractivity (Wildman–Crippen MR) is 115 cm³/mol. The number of sulfonamides is 1. The zero-order valence-electron chi connectivity index (χ0n) is 15.6. The molecule has 9 nitrogen and oxygen atoms in total. The van der Waals surface area contributed by atoms with Crippen LogP contribution in [0.15, 0.2) is 66.1 Å². The van der Waals surface area contributed by atoms with Crippen molar-refractivity contribution in [3.8, 4) is 5.95 Å². The van der Waals surface area contributed by atoms with Crippen molar-refractivity contribution in [2.24, 2.45) is 0 Å². The molecule has 0 fully saturated rings. The molecular weight excluding hydrogens is 465 g/mol. The number of carboxylic acids is 1. The minimum atomic E-state index is -4.28. The van der Waals surface area contributed by atoms with Gasteiger partial charge in [-0.3, -0.25) is 13.7 Å². The van der Waals surface area contributed by atoms with E-state index in [9.17, 15) is 18.3 Å². The third-order valence-electron chi connectivity index (χ3n) is 4.29. The first-order chi connectivity index (χ1) is 14.8. The van der Waals surface area contributed by atoms with Gasteiger partial charge in [0, 0.05) is 22.4 Å². The molecule has 2 aromatic carbocycles. The van der Waals surface area contributed by atoms with Gasteiger partial charge in [-0.2, -0.15) is 0 Å². The van der Waals surface area contributed by atoms with Gasteiger partial charge in [-0.15, -0.1) is 0 Å². The maximum atomic E-state index is 13.2. The van der Waals surface area contributed by atoms with Gasteiger partial charge >= 0.3 is 5.97 Å². The molecule has 4 aromatic rings. The molecule has 4 rings (SSSR count). The van der Waals surface area contributed by atoms with Gasteiger partial charge in [-0.25, -0.2) is 23.4 Å². The fourth-order valence-electron chi connectivity index (χ4n) is 2.97. The van der Waals surface area contributed by atoms with Crippen LogP contribution in [0, 0.1) is 0 Å². The van der Waals surface area contributed by atoms with E-state index in [0.29, 0.717) is 17.0 Å². The SMILES string of the molecule is O=C(O)CN(c1ccc2c(c1)ncn2-c1ncccn1)S(=O)(=O)c1cc(Cl)cc(Cl)c1. The quantitative estimate of drug-likeness (QED) is 0.451. The van der Waals surface area contributed by atoms with E-state index < -0.39 is 22.5 Å². The molecule has 0 unspecified atom stereocenters. The fraction of sp³-hybridized carbons (Fsp3) is 0.0526. The minimum absolute atomic E-state index is 0.110. The first kappa shape index (κ1) is 21.0. The molecule has 0 saturated carbocycles. The van der Waals surface area contributed by atoms with Crippen LogP contribution in [0.4, 0.5) is 5.69 Å². The summed E-state index contributed by atoms with van der Waals surface area (Å²) in [5.41, 5.74) is 1.17. The first-order valence-corrected chi connectivity index (χ1v) is 10.9. The molecule has 0 saturated heterocycles. The van der Waals surface area contributed by atoms with Gasteiger partial charge in [-0.05, 0) is 42.5 Å². The Morgan fingerprint density at radius 1 is 1.03 bits per heavy atom. The summed E-state index contributed by atoms with van der Waals surface area (Å²) in [6.07, 6.45) is 4.66. The summed E-state index contributed by atoms with van der Waals surface area (Å²) >= 11 is 11.9. The normalized spacial score (nSPS) is 11.5. The molecule has 0 radical (unpaired) electrons. The molecule has 158 valence electrons. The lowest BCUT2D eigenvalue weighted by molar-refractivity contribution is -0.135. The Bertz CT molecular complexity index is 1370. The molecule has 0 aliphatic rings. The van der Waals surface area contributed by atoms with Gasteiger partial charge in [0.2, 0.25) is 5.95 Å². The lowest BCUT2D eigenvalue weighted by Crippen LogP contribution is -2.35. The number of benzene rings is 2. The van der Waals surface area contributed by atoms with Gasteiger partial charge < -0.3 is 5.11 Å². The highest BCUT2D eigenvalue weighted by Gasteiger charge is 2.28. The van der Waals surface area contributed by atoms with Crippen molar-refractivity contribution in [2.45, 2.75) is 4.90 Å². The third kappa shape index (κ3) is 4.18. The molecular formula is C19H13Cl2N5O4S. The molecule has 0 spiro atoms. The Labute approximate surface area is 186 Å². The van der Waals surface area contributed by atoms with Crippen molar-refractivity contribution in [2.75, 3.05) is 10.8 Å². The second-order valence-corrected chi connectivity index (χ2v) is 9.08. The molecule has 0 atom stereocenters. The number of hydrogen-bond acceptors (Lipinski definition) is 6. The zero-order valence-corrected chi connectivity index (χ0v) is 17.9. The highest BCUT2D eigenvalue weighted by atomic mass is 35.5. The topological polar surface area (TPSA) is 118 Å². The number of nitrogens with zero attached hydrogens (tertiary/aromatic N) is 5. The van der Waals surface area contributed by atoms with Crippen LogP contribution in [0.25, 0.3) is 17.0 Å². The van der Waals surface area contributed by atoms with E-state index in [-0.39, 0.29) is 20.6 Å². The molecule has 1 N–H and O–H groups in total. The number of carboxylic acid groups (broad SMARTS) is 1. The van der Waals surface area contributed by atoms with Crippen LogP contribution >= 0.6 is 23.2 Å². The van der Waals surface area contributed by atoms with Crippen LogP contribution < -0.4 is 4.31 Å². The molecule has 0 bridgehead atoms. The van der Waals surface area contributed by atoms with E-state index >= 15 is 0 Å². The van der Waals surface area contributed by atoms with Crippen LogP contribution in [0.5, 0.6) is 0 Å². The first-order valence-electron chi connectivity index (χ1n) is 8.71. The van der Waals surface area contributed by atoms with Crippen molar-refractivity contribution in [3.63, 3.8) is 0 Å². The lowest BCUT2D eigenvalue weighted by atomic mass is 10.2. The summed E-state index contributed by atoms with van der Waals surface area (Å²) in [5.74, 6) is -0.943. The van der Waals surface area contributed by atoms with Crippen molar-refractivity contribution in [3.05, 3.63) is 71.2 Å². The number of imidazole rings is 1. The molecule has 0 amide bonds. The smallest absolute Gasteiger partial charge is 0.324 e. The van der Waals surface area contributed by atoms with E-state index in [4.69, 9.17) is 23.2 Å². The number of carbonyl (C=O) groups is 1. The van der Waals surface area contributed by atoms with Crippen LogP contribution in [0.2, 0.25) is 10.0 Å². The van der Waals surface area contributed by atoms with Crippen LogP contribution in [0.1, 0.15) is 0 Å². The van der Waals surface area contributed by atoms with Crippen molar-refractivity contribution >= 4 is 55.9 Å².